The Hall–Kier alpha value is -1.89. The maximum atomic E-state index is 13.4. The van der Waals surface area contributed by atoms with Crippen LogP contribution in [0.25, 0.3) is 0 Å². The summed E-state index contributed by atoms with van der Waals surface area (Å²) in [6.07, 6.45) is 6.54. The molecule has 1 amide bonds. The second-order valence-corrected chi connectivity index (χ2v) is 8.12. The summed E-state index contributed by atoms with van der Waals surface area (Å²) in [5.74, 6) is 2.60. The predicted octanol–water partition coefficient (Wildman–Crippen LogP) is 0.971. The van der Waals surface area contributed by atoms with Crippen LogP contribution in [0.5, 0.6) is 0 Å². The Balaban J connectivity index is 1.42. The molecule has 1 aromatic rings. The summed E-state index contributed by atoms with van der Waals surface area (Å²) in [5.41, 5.74) is -0.132. The Morgan fingerprint density at radius 2 is 2.08 bits per heavy atom. The van der Waals surface area contributed by atoms with E-state index >= 15 is 0 Å². The molecule has 0 unspecified atom stereocenters. The molecule has 3 aliphatic rings. The van der Waals surface area contributed by atoms with Crippen molar-refractivity contribution in [3.63, 3.8) is 0 Å². The highest BCUT2D eigenvalue weighted by atomic mass is 16.2. The average molecular weight is 358 g/mol. The highest BCUT2D eigenvalue weighted by molar-refractivity contribution is 5.84. The lowest BCUT2D eigenvalue weighted by Crippen LogP contribution is -2.56. The van der Waals surface area contributed by atoms with Gasteiger partial charge in [0, 0.05) is 53.0 Å². The van der Waals surface area contributed by atoms with Crippen molar-refractivity contribution in [1.29, 1.82) is 0 Å². The van der Waals surface area contributed by atoms with Gasteiger partial charge in [-0.1, -0.05) is 12.8 Å². The molecule has 0 bridgehead atoms. The number of fused-ring (bicyclic) bond motifs is 1. The highest BCUT2D eigenvalue weighted by Crippen LogP contribution is 2.45. The summed E-state index contributed by atoms with van der Waals surface area (Å²) < 4.78 is 0. The van der Waals surface area contributed by atoms with Crippen molar-refractivity contribution in [3.05, 3.63) is 12.3 Å². The van der Waals surface area contributed by atoms with Gasteiger partial charge in [-0.3, -0.25) is 4.79 Å². The number of carbonyl (C=O) groups excluding carboxylic acids is 1. The van der Waals surface area contributed by atoms with Gasteiger partial charge in [0.2, 0.25) is 11.9 Å². The minimum atomic E-state index is -0.132. The van der Waals surface area contributed by atoms with E-state index in [1.165, 1.54) is 19.3 Å². The molecule has 1 aromatic heterocycles. The van der Waals surface area contributed by atoms with E-state index in [0.717, 1.165) is 57.5 Å². The molecule has 1 aliphatic carbocycles. The number of nitrogens with one attached hydrogen (secondary N) is 1. The number of amides is 1. The van der Waals surface area contributed by atoms with Crippen molar-refractivity contribution in [2.24, 2.45) is 11.3 Å². The number of nitrogens with zero attached hydrogens (tertiary/aromatic N) is 5. The van der Waals surface area contributed by atoms with Crippen LogP contribution in [-0.4, -0.2) is 74.1 Å². The Bertz CT molecular complexity index is 657. The van der Waals surface area contributed by atoms with E-state index in [2.05, 4.69) is 25.1 Å². The maximum Gasteiger partial charge on any atom is 0.230 e. The Morgan fingerprint density at radius 1 is 1.27 bits per heavy atom. The van der Waals surface area contributed by atoms with Crippen molar-refractivity contribution in [2.75, 3.05) is 63.2 Å². The van der Waals surface area contributed by atoms with Crippen LogP contribution in [0.3, 0.4) is 0 Å². The zero-order chi connectivity index (χ0) is 18.1. The second-order valence-electron chi connectivity index (χ2n) is 8.12. The van der Waals surface area contributed by atoms with E-state index in [1.54, 1.807) is 0 Å². The van der Waals surface area contributed by atoms with Crippen molar-refractivity contribution in [2.45, 2.75) is 25.7 Å². The maximum absolute atomic E-state index is 13.4. The van der Waals surface area contributed by atoms with E-state index in [0.29, 0.717) is 11.8 Å². The largest absolute Gasteiger partial charge is 0.353 e. The summed E-state index contributed by atoms with van der Waals surface area (Å²) in [5, 5.41) is 3.50. The van der Waals surface area contributed by atoms with Gasteiger partial charge in [0.25, 0.3) is 0 Å². The van der Waals surface area contributed by atoms with E-state index in [-0.39, 0.29) is 5.41 Å². The van der Waals surface area contributed by atoms with E-state index in [4.69, 9.17) is 0 Å². The molecule has 26 heavy (non-hydrogen) atoms. The van der Waals surface area contributed by atoms with Crippen LogP contribution < -0.4 is 15.1 Å². The van der Waals surface area contributed by atoms with Crippen LogP contribution in [-0.2, 0) is 4.79 Å². The molecule has 1 saturated carbocycles. The molecule has 2 saturated heterocycles. The lowest BCUT2D eigenvalue weighted by atomic mass is 9.67. The van der Waals surface area contributed by atoms with Gasteiger partial charge in [0.05, 0.1) is 5.41 Å². The topological polar surface area (TPSA) is 64.6 Å². The standard InChI is InChI=1S/C19H30N6O/c1-23(2)18-21-8-6-16(22-18)24-9-11-25(12-10-24)17(26)19-7-4-3-5-15(19)13-20-14-19/h6,8,15,20H,3-5,7,9-14H2,1-2H3/t15-,19+/m0/s1. The van der Waals surface area contributed by atoms with Crippen LogP contribution >= 0.6 is 0 Å². The number of carbonyl (C=O) groups is 1. The quantitative estimate of drug-likeness (QED) is 0.869. The molecule has 1 N–H and O–H groups in total. The minimum absolute atomic E-state index is 0.132. The van der Waals surface area contributed by atoms with Crippen molar-refractivity contribution in [1.82, 2.24) is 20.2 Å². The van der Waals surface area contributed by atoms with Crippen LogP contribution in [0, 0.1) is 11.3 Å². The minimum Gasteiger partial charge on any atom is -0.353 e. The van der Waals surface area contributed by atoms with Gasteiger partial charge in [0.15, 0.2) is 0 Å². The van der Waals surface area contributed by atoms with Gasteiger partial charge in [0.1, 0.15) is 5.82 Å². The summed E-state index contributed by atoms with van der Waals surface area (Å²) in [6, 6.07) is 1.96. The third kappa shape index (κ3) is 3.02. The fourth-order valence-corrected chi connectivity index (χ4v) is 4.85. The molecule has 0 spiro atoms. The Morgan fingerprint density at radius 3 is 2.85 bits per heavy atom. The molecule has 7 nitrogen and oxygen atoms in total. The molecular weight excluding hydrogens is 328 g/mol. The van der Waals surface area contributed by atoms with Gasteiger partial charge in [-0.05, 0) is 31.4 Å². The highest BCUT2D eigenvalue weighted by Gasteiger charge is 2.51. The van der Waals surface area contributed by atoms with Crippen molar-refractivity contribution in [3.8, 4) is 0 Å². The van der Waals surface area contributed by atoms with Gasteiger partial charge in [-0.15, -0.1) is 0 Å². The summed E-state index contributed by atoms with van der Waals surface area (Å²) >= 11 is 0. The van der Waals surface area contributed by atoms with Gasteiger partial charge >= 0.3 is 0 Å². The molecule has 3 heterocycles. The number of piperazine rings is 1. The zero-order valence-electron chi connectivity index (χ0n) is 15.9. The predicted molar refractivity (Wildman–Crippen MR) is 102 cm³/mol. The Labute approximate surface area is 155 Å². The summed E-state index contributed by atoms with van der Waals surface area (Å²) in [7, 11) is 3.90. The van der Waals surface area contributed by atoms with Crippen LogP contribution in [0.2, 0.25) is 0 Å². The first-order chi connectivity index (χ1) is 12.6. The Kier molecular flexibility index (Phi) is 4.73. The number of hydrogen-bond acceptors (Lipinski definition) is 6. The number of aromatic nitrogens is 2. The van der Waals surface area contributed by atoms with Gasteiger partial charge in [-0.25, -0.2) is 4.98 Å². The van der Waals surface area contributed by atoms with Crippen LogP contribution in [0.4, 0.5) is 11.8 Å². The lowest BCUT2D eigenvalue weighted by Gasteiger charge is -2.43. The summed E-state index contributed by atoms with van der Waals surface area (Å²) in [6.45, 7) is 5.13. The van der Waals surface area contributed by atoms with Crippen molar-refractivity contribution < 1.29 is 4.79 Å². The first-order valence-corrected chi connectivity index (χ1v) is 9.85. The second kappa shape index (κ2) is 7.02. The smallest absolute Gasteiger partial charge is 0.230 e. The molecule has 7 heteroatoms. The molecule has 0 radical (unpaired) electrons. The molecule has 0 aromatic carbocycles. The first-order valence-electron chi connectivity index (χ1n) is 9.85. The number of hydrogen-bond donors (Lipinski definition) is 1. The van der Waals surface area contributed by atoms with Crippen LogP contribution in [0.15, 0.2) is 12.3 Å². The fourth-order valence-electron chi connectivity index (χ4n) is 4.85. The zero-order valence-corrected chi connectivity index (χ0v) is 15.9. The molecule has 142 valence electrons. The van der Waals surface area contributed by atoms with Crippen LogP contribution in [0.1, 0.15) is 25.7 Å². The molecule has 2 aliphatic heterocycles. The van der Waals surface area contributed by atoms with Gasteiger partial charge < -0.3 is 20.0 Å². The molecule has 2 atom stereocenters. The third-order valence-corrected chi connectivity index (χ3v) is 6.38. The fraction of sp³-hybridized carbons (Fsp3) is 0.737. The normalized spacial score (nSPS) is 28.8. The SMILES string of the molecule is CN(C)c1nccc(N2CCN(C(=O)[C@@]34CCCC[C@H]3CNC4)CC2)n1. The van der Waals surface area contributed by atoms with Gasteiger partial charge in [-0.2, -0.15) is 4.98 Å². The van der Waals surface area contributed by atoms with E-state index in [1.807, 2.05) is 31.3 Å². The average Bonchev–Trinajstić information content (AvgIpc) is 3.13. The molecule has 3 fully saturated rings. The monoisotopic (exact) mass is 358 g/mol. The van der Waals surface area contributed by atoms with E-state index < -0.39 is 0 Å². The number of anilines is 2. The molecule has 4 rings (SSSR count). The van der Waals surface area contributed by atoms with E-state index in [9.17, 15) is 4.79 Å². The first kappa shape index (κ1) is 17.5. The third-order valence-electron chi connectivity index (χ3n) is 6.38. The van der Waals surface area contributed by atoms with Crippen molar-refractivity contribution >= 4 is 17.7 Å². The lowest BCUT2D eigenvalue weighted by molar-refractivity contribution is -0.145. The molecular formula is C19H30N6O. The summed E-state index contributed by atoms with van der Waals surface area (Å²) in [4.78, 5) is 28.6. The number of rotatable bonds is 3.